The molecular weight excluding hydrogens is 792 g/mol. The molecule has 2 fully saturated rings. The highest BCUT2D eigenvalue weighted by molar-refractivity contribution is 9.10. The van der Waals surface area contributed by atoms with Crippen LogP contribution >= 0.6 is 15.9 Å². The first-order valence-electron chi connectivity index (χ1n) is 19.8. The third kappa shape index (κ3) is 10.6. The molecule has 0 bridgehead atoms. The fourth-order valence-corrected chi connectivity index (χ4v) is 7.99. The van der Waals surface area contributed by atoms with Gasteiger partial charge in [-0.3, -0.25) is 19.6 Å². The fourth-order valence-electron chi connectivity index (χ4n) is 7.63. The van der Waals surface area contributed by atoms with E-state index >= 15 is 0 Å². The Bertz CT molecular complexity index is 2000. The van der Waals surface area contributed by atoms with Crippen LogP contribution in [-0.2, 0) is 48.1 Å². The molecule has 0 unspecified atom stereocenters. The number of halogens is 1. The number of hydrogen-bond donors (Lipinski definition) is 3. The number of carbonyl (C=O) groups is 3. The predicted molar refractivity (Wildman–Crippen MR) is 221 cm³/mol. The molecule has 14 heteroatoms. The maximum absolute atomic E-state index is 14.0. The lowest BCUT2D eigenvalue weighted by Crippen LogP contribution is -2.61. The van der Waals surface area contributed by atoms with Gasteiger partial charge in [0.2, 0.25) is 0 Å². The van der Waals surface area contributed by atoms with Crippen molar-refractivity contribution < 1.29 is 33.3 Å². The molecule has 4 aromatic rings. The SMILES string of the molecule is CCn1c(-c2cccnc2[C@H](C)OC)c(CC(C)(C)COC(=O)[C@@H]2CCCN(C(=O)[C@H](C[C@H]3CNCCO3)NC(=O)OCc3ccccc3)N2)c2cc(Br)ccc21. The molecule has 2 saturated heterocycles. The van der Waals surface area contributed by atoms with Gasteiger partial charge < -0.3 is 34.1 Å². The van der Waals surface area contributed by atoms with Crippen molar-refractivity contribution in [3.8, 4) is 11.3 Å². The molecule has 0 saturated carbocycles. The monoisotopic (exact) mass is 846 g/mol. The molecule has 4 heterocycles. The van der Waals surface area contributed by atoms with E-state index < -0.39 is 29.6 Å². The van der Waals surface area contributed by atoms with E-state index in [-0.39, 0.29) is 37.7 Å². The standard InChI is InChI=1S/C43H55BrN6O7/c1-6-49-37-17-16-30(44)22-33(37)34(39(49)32-14-10-18-46-38(32)28(2)54-5)24-43(3,4)27-57-41(52)35-15-11-20-50(48-35)40(51)36(23-31-25-45-19-21-55-31)47-42(53)56-26-29-12-8-7-9-13-29/h7-10,12-14,16-18,22,28,31,35-36,45,48H,6,11,15,19-21,23-27H2,1-5H3,(H,47,53)/t28-,31-,35-,36-/m0/s1. The van der Waals surface area contributed by atoms with Crippen LogP contribution in [0.1, 0.15) is 69.9 Å². The van der Waals surface area contributed by atoms with Crippen molar-refractivity contribution in [2.75, 3.05) is 40.0 Å². The van der Waals surface area contributed by atoms with E-state index in [4.69, 9.17) is 23.9 Å². The third-order valence-electron chi connectivity index (χ3n) is 10.6. The molecule has 0 spiro atoms. The molecule has 2 aromatic heterocycles. The Kier molecular flexibility index (Phi) is 14.4. The summed E-state index contributed by atoms with van der Waals surface area (Å²) < 4.78 is 26.4. The number of hydrazine groups is 1. The van der Waals surface area contributed by atoms with Crippen LogP contribution in [0.4, 0.5) is 4.79 Å². The van der Waals surface area contributed by atoms with E-state index in [2.05, 4.69) is 81.6 Å². The van der Waals surface area contributed by atoms with Gasteiger partial charge in [-0.15, -0.1) is 0 Å². The van der Waals surface area contributed by atoms with Crippen LogP contribution in [0.15, 0.2) is 71.3 Å². The van der Waals surface area contributed by atoms with Crippen LogP contribution in [0.3, 0.4) is 0 Å². The highest BCUT2D eigenvalue weighted by Gasteiger charge is 2.36. The minimum Gasteiger partial charge on any atom is -0.464 e. The maximum atomic E-state index is 14.0. The molecule has 57 heavy (non-hydrogen) atoms. The number of benzene rings is 2. The smallest absolute Gasteiger partial charge is 0.408 e. The number of fused-ring (bicyclic) bond motifs is 1. The number of alkyl carbamates (subject to hydrolysis) is 1. The van der Waals surface area contributed by atoms with Crippen LogP contribution in [0.5, 0.6) is 0 Å². The van der Waals surface area contributed by atoms with Crippen LogP contribution in [0.2, 0.25) is 0 Å². The summed E-state index contributed by atoms with van der Waals surface area (Å²) in [4.78, 5) is 45.4. The van der Waals surface area contributed by atoms with E-state index in [0.29, 0.717) is 39.0 Å². The van der Waals surface area contributed by atoms with E-state index in [9.17, 15) is 14.4 Å². The Morgan fingerprint density at radius 2 is 1.91 bits per heavy atom. The van der Waals surface area contributed by atoms with Gasteiger partial charge in [-0.2, -0.15) is 0 Å². The third-order valence-corrected chi connectivity index (χ3v) is 11.1. The molecule has 0 aliphatic carbocycles. The fraction of sp³-hybridized carbons (Fsp3) is 0.488. The van der Waals surface area contributed by atoms with Gasteiger partial charge >= 0.3 is 12.1 Å². The van der Waals surface area contributed by atoms with Gasteiger partial charge in [0, 0.05) is 72.3 Å². The maximum Gasteiger partial charge on any atom is 0.408 e. The van der Waals surface area contributed by atoms with Gasteiger partial charge in [-0.1, -0.05) is 60.1 Å². The van der Waals surface area contributed by atoms with E-state index in [0.717, 1.165) is 56.5 Å². The molecule has 4 atom stereocenters. The first kappa shape index (κ1) is 42.3. The highest BCUT2D eigenvalue weighted by atomic mass is 79.9. The van der Waals surface area contributed by atoms with E-state index in [1.807, 2.05) is 43.3 Å². The van der Waals surface area contributed by atoms with E-state index in [1.54, 1.807) is 13.3 Å². The van der Waals surface area contributed by atoms with Crippen LogP contribution in [0.25, 0.3) is 22.2 Å². The van der Waals surface area contributed by atoms with Crippen molar-refractivity contribution in [2.24, 2.45) is 5.41 Å². The summed E-state index contributed by atoms with van der Waals surface area (Å²) in [6.45, 7) is 11.4. The number of methoxy groups -OCH3 is 1. The molecule has 0 radical (unpaired) electrons. The Balaban J connectivity index is 1.15. The number of nitrogens with one attached hydrogen (secondary N) is 3. The lowest BCUT2D eigenvalue weighted by atomic mass is 9.84. The number of aryl methyl sites for hydroxylation is 1. The Labute approximate surface area is 343 Å². The van der Waals surface area contributed by atoms with Crippen molar-refractivity contribution in [3.05, 3.63) is 88.2 Å². The number of ether oxygens (including phenoxy) is 4. The van der Waals surface area contributed by atoms with Gasteiger partial charge in [0.25, 0.3) is 5.91 Å². The average Bonchev–Trinajstić information content (AvgIpc) is 3.53. The first-order chi connectivity index (χ1) is 27.5. The quantitative estimate of drug-likeness (QED) is 0.114. The summed E-state index contributed by atoms with van der Waals surface area (Å²) in [5.41, 5.74) is 8.65. The van der Waals surface area contributed by atoms with Gasteiger partial charge in [0.15, 0.2) is 0 Å². The molecule has 2 aromatic carbocycles. The zero-order valence-electron chi connectivity index (χ0n) is 33.5. The molecule has 3 N–H and O–H groups in total. The summed E-state index contributed by atoms with van der Waals surface area (Å²) in [5.74, 6) is -0.809. The molecule has 306 valence electrons. The minimum atomic E-state index is -0.939. The summed E-state index contributed by atoms with van der Waals surface area (Å²) in [7, 11) is 1.69. The topological polar surface area (TPSA) is 145 Å². The van der Waals surface area contributed by atoms with Gasteiger partial charge in [0.1, 0.15) is 18.7 Å². The number of carbonyl (C=O) groups excluding carboxylic acids is 3. The van der Waals surface area contributed by atoms with Crippen LogP contribution in [0, 0.1) is 5.41 Å². The van der Waals surface area contributed by atoms with Gasteiger partial charge in [0.05, 0.1) is 36.8 Å². The normalized spacial score (nSPS) is 18.5. The van der Waals surface area contributed by atoms with Crippen LogP contribution in [-0.4, -0.2) is 90.7 Å². The number of morpholine rings is 1. The molecular formula is C43H55BrN6O7. The first-order valence-corrected chi connectivity index (χ1v) is 20.6. The summed E-state index contributed by atoms with van der Waals surface area (Å²) >= 11 is 3.70. The second-order valence-electron chi connectivity index (χ2n) is 15.5. The largest absolute Gasteiger partial charge is 0.464 e. The van der Waals surface area contributed by atoms with Crippen LogP contribution < -0.4 is 16.1 Å². The van der Waals surface area contributed by atoms with Crippen molar-refractivity contribution in [3.63, 3.8) is 0 Å². The molecule has 2 aliphatic rings. The van der Waals surface area contributed by atoms with Gasteiger partial charge in [-0.25, -0.2) is 10.2 Å². The lowest BCUT2D eigenvalue weighted by molar-refractivity contribution is -0.155. The number of aromatic nitrogens is 2. The van der Waals surface area contributed by atoms with Crippen molar-refractivity contribution >= 4 is 44.8 Å². The molecule has 2 aliphatic heterocycles. The Hall–Kier alpha value is -4.34. The zero-order valence-corrected chi connectivity index (χ0v) is 35.1. The number of hydrogen-bond acceptors (Lipinski definition) is 10. The molecule has 13 nitrogen and oxygen atoms in total. The number of esters is 1. The molecule has 2 amide bonds. The highest BCUT2D eigenvalue weighted by Crippen LogP contribution is 2.41. The summed E-state index contributed by atoms with van der Waals surface area (Å²) in [6, 6.07) is 18.0. The lowest BCUT2D eigenvalue weighted by Gasteiger charge is -2.36. The number of rotatable bonds is 15. The average molecular weight is 848 g/mol. The van der Waals surface area contributed by atoms with E-state index in [1.165, 1.54) is 5.01 Å². The molecule has 6 rings (SSSR count). The van der Waals surface area contributed by atoms with Gasteiger partial charge in [-0.05, 0) is 74.6 Å². The second-order valence-corrected chi connectivity index (χ2v) is 16.4. The van der Waals surface area contributed by atoms with Crippen molar-refractivity contribution in [2.45, 2.75) is 90.8 Å². The predicted octanol–water partition coefficient (Wildman–Crippen LogP) is 6.47. The summed E-state index contributed by atoms with van der Waals surface area (Å²) in [5, 5.41) is 8.58. The second kappa shape index (κ2) is 19.4. The number of pyridine rings is 1. The zero-order chi connectivity index (χ0) is 40.5. The Morgan fingerprint density at radius 3 is 2.65 bits per heavy atom. The Morgan fingerprint density at radius 1 is 1.11 bits per heavy atom. The summed E-state index contributed by atoms with van der Waals surface area (Å²) in [6.07, 6.45) is 2.52. The number of nitrogens with zero attached hydrogens (tertiary/aromatic N) is 3. The van der Waals surface area contributed by atoms with Crippen molar-refractivity contribution in [1.82, 2.24) is 30.6 Å². The number of amides is 2. The minimum absolute atomic E-state index is 0.0678. The van der Waals surface area contributed by atoms with Crippen molar-refractivity contribution in [1.29, 1.82) is 0 Å².